The van der Waals surface area contributed by atoms with Crippen LogP contribution in [-0.4, -0.2) is 22.4 Å². The first-order chi connectivity index (χ1) is 10.5. The lowest BCUT2D eigenvalue weighted by molar-refractivity contribution is 0.0807. The molecule has 0 aliphatic carbocycles. The van der Waals surface area contributed by atoms with E-state index < -0.39 is 11.7 Å². The van der Waals surface area contributed by atoms with Gasteiger partial charge in [-0.3, -0.25) is 0 Å². The maximum Gasteiger partial charge on any atom is 0.125 e. The molecule has 3 nitrogen and oxygen atoms in total. The zero-order valence-corrected chi connectivity index (χ0v) is 14.0. The van der Waals surface area contributed by atoms with Gasteiger partial charge in [-0.25, -0.2) is 0 Å². The summed E-state index contributed by atoms with van der Waals surface area (Å²) in [6.07, 6.45) is 3.14. The second-order valence-corrected chi connectivity index (χ2v) is 5.95. The lowest BCUT2D eigenvalue weighted by atomic mass is 9.92. The summed E-state index contributed by atoms with van der Waals surface area (Å²) in [4.78, 5) is 0. The number of rotatable bonds is 7. The average Bonchev–Trinajstić information content (AvgIpc) is 2.47. The number of aliphatic hydroxyl groups is 2. The van der Waals surface area contributed by atoms with Crippen LogP contribution in [0.5, 0.6) is 0 Å². The molecule has 122 valence electrons. The van der Waals surface area contributed by atoms with Crippen LogP contribution < -0.4 is 5.73 Å². The van der Waals surface area contributed by atoms with Crippen LogP contribution in [0.15, 0.2) is 18.2 Å². The van der Waals surface area contributed by atoms with Crippen molar-refractivity contribution >= 4 is 0 Å². The summed E-state index contributed by atoms with van der Waals surface area (Å²) in [6.45, 7) is 6.54. The smallest absolute Gasteiger partial charge is 0.125 e. The van der Waals surface area contributed by atoms with E-state index in [1.165, 1.54) is 0 Å². The van der Waals surface area contributed by atoms with Gasteiger partial charge in [-0.1, -0.05) is 50.7 Å². The van der Waals surface area contributed by atoms with Gasteiger partial charge in [-0.15, -0.1) is 0 Å². The molecule has 3 heteroatoms. The third-order valence-electron chi connectivity index (χ3n) is 3.84. The molecule has 1 aromatic rings. The highest BCUT2D eigenvalue weighted by atomic mass is 16.3. The van der Waals surface area contributed by atoms with Gasteiger partial charge in [0.15, 0.2) is 0 Å². The first-order valence-electron chi connectivity index (χ1n) is 8.20. The molecule has 0 amide bonds. The fourth-order valence-electron chi connectivity index (χ4n) is 2.57. The van der Waals surface area contributed by atoms with Crippen molar-refractivity contribution < 1.29 is 10.2 Å². The molecule has 1 rings (SSSR count). The Balaban J connectivity index is 3.06. The molecule has 0 radical (unpaired) electrons. The molecule has 0 heterocycles. The van der Waals surface area contributed by atoms with Gasteiger partial charge in [0.25, 0.3) is 0 Å². The quantitative estimate of drug-likeness (QED) is 0.678. The van der Waals surface area contributed by atoms with Crippen LogP contribution in [-0.2, 0) is 0 Å². The molecular weight excluding hydrogens is 274 g/mol. The summed E-state index contributed by atoms with van der Waals surface area (Å²) in [6, 6.07) is 5.77. The van der Waals surface area contributed by atoms with Crippen LogP contribution >= 0.6 is 0 Å². The van der Waals surface area contributed by atoms with Crippen molar-refractivity contribution in [3.05, 3.63) is 34.9 Å². The summed E-state index contributed by atoms with van der Waals surface area (Å²) < 4.78 is 0. The van der Waals surface area contributed by atoms with Crippen LogP contribution in [0.2, 0.25) is 0 Å². The molecule has 22 heavy (non-hydrogen) atoms. The highest BCUT2D eigenvalue weighted by molar-refractivity contribution is 5.45. The Morgan fingerprint density at radius 1 is 1.23 bits per heavy atom. The van der Waals surface area contributed by atoms with E-state index in [9.17, 15) is 10.2 Å². The SMILES string of the molecule is CCCC(O)(C#Cc1cc([C@H](O)CCN)ccc1C)CCC. The Labute approximate surface area is 134 Å². The lowest BCUT2D eigenvalue weighted by Crippen LogP contribution is -2.25. The molecule has 0 aliphatic heterocycles. The molecule has 1 atom stereocenters. The van der Waals surface area contributed by atoms with Gasteiger partial charge >= 0.3 is 0 Å². The highest BCUT2D eigenvalue weighted by Gasteiger charge is 2.21. The van der Waals surface area contributed by atoms with E-state index in [1.807, 2.05) is 25.1 Å². The Morgan fingerprint density at radius 3 is 2.41 bits per heavy atom. The summed E-state index contributed by atoms with van der Waals surface area (Å²) >= 11 is 0. The zero-order chi connectivity index (χ0) is 16.6. The van der Waals surface area contributed by atoms with Crippen molar-refractivity contribution in [1.29, 1.82) is 0 Å². The molecule has 0 aliphatic rings. The minimum absolute atomic E-state index is 0.447. The molecule has 0 aromatic heterocycles. The summed E-state index contributed by atoms with van der Waals surface area (Å²) in [5.41, 5.74) is 7.32. The second-order valence-electron chi connectivity index (χ2n) is 5.95. The third-order valence-corrected chi connectivity index (χ3v) is 3.84. The van der Waals surface area contributed by atoms with Gasteiger partial charge < -0.3 is 15.9 Å². The van der Waals surface area contributed by atoms with E-state index in [-0.39, 0.29) is 0 Å². The number of aliphatic hydroxyl groups excluding tert-OH is 1. The van der Waals surface area contributed by atoms with E-state index in [0.717, 1.165) is 29.5 Å². The van der Waals surface area contributed by atoms with Gasteiger partial charge in [0.2, 0.25) is 0 Å². The molecular formula is C19H29NO2. The minimum atomic E-state index is -0.915. The van der Waals surface area contributed by atoms with E-state index in [0.29, 0.717) is 25.8 Å². The first-order valence-corrected chi connectivity index (χ1v) is 8.20. The van der Waals surface area contributed by atoms with Gasteiger partial charge in [0.1, 0.15) is 5.60 Å². The molecule has 0 unspecified atom stereocenters. The Bertz CT molecular complexity index is 522. The standard InChI is InChI=1S/C19H29NO2/c1-4-10-19(22,11-5-2)12-8-16-14-17(7-6-15(16)3)18(21)9-13-20/h6-7,14,18,21-22H,4-5,9-11,13,20H2,1-3H3/t18-/m1/s1. The van der Waals surface area contributed by atoms with Gasteiger partial charge in [0.05, 0.1) is 6.10 Å². The van der Waals surface area contributed by atoms with Crippen molar-refractivity contribution in [1.82, 2.24) is 0 Å². The minimum Gasteiger partial charge on any atom is -0.388 e. The first kappa shape index (κ1) is 18.7. The normalized spacial score (nSPS) is 12.6. The zero-order valence-electron chi connectivity index (χ0n) is 14.0. The predicted octanol–water partition coefficient (Wildman–Crippen LogP) is 3.06. The highest BCUT2D eigenvalue weighted by Crippen LogP contribution is 2.21. The Kier molecular flexibility index (Phi) is 7.61. The van der Waals surface area contributed by atoms with E-state index in [2.05, 4.69) is 25.7 Å². The number of aryl methyl sites for hydroxylation is 1. The van der Waals surface area contributed by atoms with Gasteiger partial charge in [-0.2, -0.15) is 0 Å². The average molecular weight is 303 g/mol. The maximum atomic E-state index is 10.6. The fourth-order valence-corrected chi connectivity index (χ4v) is 2.57. The number of hydrogen-bond acceptors (Lipinski definition) is 3. The van der Waals surface area contributed by atoms with Crippen molar-refractivity contribution in [2.75, 3.05) is 6.54 Å². The van der Waals surface area contributed by atoms with Crippen molar-refractivity contribution in [3.63, 3.8) is 0 Å². The molecule has 0 saturated carbocycles. The van der Waals surface area contributed by atoms with Crippen molar-refractivity contribution in [2.45, 2.75) is 64.6 Å². The third kappa shape index (κ3) is 5.46. The largest absolute Gasteiger partial charge is 0.388 e. The van der Waals surface area contributed by atoms with Gasteiger partial charge in [0, 0.05) is 5.56 Å². The molecule has 0 saturated heterocycles. The topological polar surface area (TPSA) is 66.5 Å². The van der Waals surface area contributed by atoms with E-state index in [1.54, 1.807) is 0 Å². The molecule has 4 N–H and O–H groups in total. The fraction of sp³-hybridized carbons (Fsp3) is 0.579. The van der Waals surface area contributed by atoms with Crippen molar-refractivity contribution in [3.8, 4) is 11.8 Å². The van der Waals surface area contributed by atoms with Crippen LogP contribution in [0.1, 0.15) is 68.7 Å². The van der Waals surface area contributed by atoms with Crippen molar-refractivity contribution in [2.24, 2.45) is 5.73 Å². The Morgan fingerprint density at radius 2 is 1.86 bits per heavy atom. The molecule has 0 fully saturated rings. The van der Waals surface area contributed by atoms with Crippen LogP contribution in [0.25, 0.3) is 0 Å². The van der Waals surface area contributed by atoms with Crippen LogP contribution in [0.3, 0.4) is 0 Å². The number of benzene rings is 1. The number of hydrogen-bond donors (Lipinski definition) is 3. The second kappa shape index (κ2) is 8.95. The predicted molar refractivity (Wildman–Crippen MR) is 91.5 cm³/mol. The Hall–Kier alpha value is -1.34. The van der Waals surface area contributed by atoms with Crippen LogP contribution in [0.4, 0.5) is 0 Å². The summed E-state index contributed by atoms with van der Waals surface area (Å²) in [7, 11) is 0. The molecule has 0 bridgehead atoms. The number of nitrogens with two attached hydrogens (primary N) is 1. The lowest BCUT2D eigenvalue weighted by Gasteiger charge is -2.20. The van der Waals surface area contributed by atoms with Crippen LogP contribution in [0, 0.1) is 18.8 Å². The summed E-state index contributed by atoms with van der Waals surface area (Å²) in [5, 5.41) is 20.6. The van der Waals surface area contributed by atoms with Gasteiger partial charge in [-0.05, 0) is 49.9 Å². The van der Waals surface area contributed by atoms with E-state index >= 15 is 0 Å². The van der Waals surface area contributed by atoms with E-state index in [4.69, 9.17) is 5.73 Å². The monoisotopic (exact) mass is 303 g/mol. The maximum absolute atomic E-state index is 10.6. The summed E-state index contributed by atoms with van der Waals surface area (Å²) in [5.74, 6) is 6.17. The molecule has 1 aromatic carbocycles. The molecule has 0 spiro atoms.